The normalized spacial score (nSPS) is 11.2. The lowest BCUT2D eigenvalue weighted by molar-refractivity contribution is 0.437. The molecule has 0 saturated heterocycles. The summed E-state index contributed by atoms with van der Waals surface area (Å²) in [7, 11) is 0. The van der Waals surface area contributed by atoms with Gasteiger partial charge in [0.1, 0.15) is 17.3 Å². The van der Waals surface area contributed by atoms with E-state index in [-0.39, 0.29) is 17.3 Å². The number of benzene rings is 1. The Balaban J connectivity index is 2.32. The molecule has 0 bridgehead atoms. The molecular formula is C16H20N4O. The molecule has 5 heteroatoms. The smallest absolute Gasteiger partial charge is 0.322 e. The Bertz CT molecular complexity index is 674. The molecule has 0 unspecified atom stereocenters. The maximum atomic E-state index is 7.46. The Morgan fingerprint density at radius 1 is 1.19 bits per heavy atom. The lowest BCUT2D eigenvalue weighted by Gasteiger charge is -2.19. The number of amidine groups is 1. The highest BCUT2D eigenvalue weighted by Gasteiger charge is 2.14. The van der Waals surface area contributed by atoms with Gasteiger partial charge in [0.25, 0.3) is 0 Å². The van der Waals surface area contributed by atoms with Crippen molar-refractivity contribution in [2.75, 3.05) is 0 Å². The topological polar surface area (TPSA) is 84.9 Å². The molecule has 0 saturated carbocycles. The van der Waals surface area contributed by atoms with Crippen molar-refractivity contribution in [3.05, 3.63) is 47.3 Å². The fraction of sp³-hybridized carbons (Fsp3) is 0.312. The van der Waals surface area contributed by atoms with Gasteiger partial charge in [-0.15, -0.1) is 0 Å². The molecular weight excluding hydrogens is 264 g/mol. The molecule has 0 amide bonds. The first-order valence-corrected chi connectivity index (χ1v) is 6.74. The Hall–Kier alpha value is -2.43. The zero-order chi connectivity index (χ0) is 15.6. The molecule has 0 spiro atoms. The van der Waals surface area contributed by atoms with Gasteiger partial charge in [0.15, 0.2) is 0 Å². The summed E-state index contributed by atoms with van der Waals surface area (Å²) in [5, 5.41) is 7.46. The van der Waals surface area contributed by atoms with Crippen LogP contribution in [0.1, 0.15) is 37.7 Å². The van der Waals surface area contributed by atoms with Crippen molar-refractivity contribution >= 4 is 5.84 Å². The van der Waals surface area contributed by atoms with Crippen LogP contribution >= 0.6 is 0 Å². The molecule has 21 heavy (non-hydrogen) atoms. The molecule has 1 aromatic carbocycles. The second-order valence-corrected chi connectivity index (χ2v) is 5.97. The largest absolute Gasteiger partial charge is 0.424 e. The summed E-state index contributed by atoms with van der Waals surface area (Å²) in [5.41, 5.74) is 7.74. The van der Waals surface area contributed by atoms with Gasteiger partial charge in [0.05, 0.1) is 0 Å². The quantitative estimate of drug-likeness (QED) is 0.669. The number of nitrogens with two attached hydrogens (primary N) is 1. The number of nitrogen functional groups attached to an aromatic ring is 1. The molecule has 2 rings (SSSR count). The number of hydrogen-bond acceptors (Lipinski definition) is 4. The van der Waals surface area contributed by atoms with E-state index in [1.807, 2.05) is 25.1 Å². The second kappa shape index (κ2) is 5.52. The summed E-state index contributed by atoms with van der Waals surface area (Å²) < 4.78 is 5.71. The summed E-state index contributed by atoms with van der Waals surface area (Å²) in [6, 6.07) is 9.68. The van der Waals surface area contributed by atoms with Gasteiger partial charge in [-0.25, -0.2) is 4.98 Å². The van der Waals surface area contributed by atoms with Crippen molar-refractivity contribution in [2.24, 2.45) is 5.73 Å². The summed E-state index contributed by atoms with van der Waals surface area (Å²) in [6.45, 7) is 8.24. The average Bonchev–Trinajstić information content (AvgIpc) is 2.37. The van der Waals surface area contributed by atoms with Crippen LogP contribution in [0, 0.1) is 12.3 Å². The lowest BCUT2D eigenvalue weighted by atomic mass is 9.87. The van der Waals surface area contributed by atoms with Crippen molar-refractivity contribution in [2.45, 2.75) is 33.1 Å². The first-order chi connectivity index (χ1) is 9.75. The monoisotopic (exact) mass is 284 g/mol. The number of rotatable bonds is 3. The molecule has 0 atom stereocenters. The number of nitrogens with zero attached hydrogens (tertiary/aromatic N) is 2. The maximum Gasteiger partial charge on any atom is 0.322 e. The van der Waals surface area contributed by atoms with Crippen LogP contribution in [0.2, 0.25) is 0 Å². The molecule has 110 valence electrons. The van der Waals surface area contributed by atoms with E-state index in [0.717, 1.165) is 0 Å². The predicted octanol–water partition coefficient (Wildman–Crippen LogP) is 3.16. The summed E-state index contributed by atoms with van der Waals surface area (Å²) in [5.74, 6) is 0.566. The maximum absolute atomic E-state index is 7.46. The van der Waals surface area contributed by atoms with Gasteiger partial charge in [-0.05, 0) is 36.1 Å². The van der Waals surface area contributed by atoms with Gasteiger partial charge < -0.3 is 10.5 Å². The van der Waals surface area contributed by atoms with E-state index in [1.54, 1.807) is 6.07 Å². The average molecular weight is 284 g/mol. The first-order valence-electron chi connectivity index (χ1n) is 6.74. The fourth-order valence-corrected chi connectivity index (χ4v) is 1.86. The SMILES string of the molecule is Cc1cc(C(=N)N)nc(Oc2cccc(C(C)(C)C)c2)n1. The Labute approximate surface area is 124 Å². The minimum atomic E-state index is -0.103. The van der Waals surface area contributed by atoms with E-state index < -0.39 is 0 Å². The van der Waals surface area contributed by atoms with Gasteiger partial charge >= 0.3 is 6.01 Å². The van der Waals surface area contributed by atoms with Gasteiger partial charge in [-0.1, -0.05) is 32.9 Å². The highest BCUT2D eigenvalue weighted by atomic mass is 16.5. The van der Waals surface area contributed by atoms with Crippen LogP contribution in [0.3, 0.4) is 0 Å². The Kier molecular flexibility index (Phi) is 3.93. The van der Waals surface area contributed by atoms with Crippen molar-refractivity contribution in [1.82, 2.24) is 9.97 Å². The van der Waals surface area contributed by atoms with Gasteiger partial charge in [0.2, 0.25) is 0 Å². The van der Waals surface area contributed by atoms with E-state index in [9.17, 15) is 0 Å². The Morgan fingerprint density at radius 3 is 2.52 bits per heavy atom. The van der Waals surface area contributed by atoms with Crippen LogP contribution < -0.4 is 10.5 Å². The number of hydrogen-bond donors (Lipinski definition) is 2. The third-order valence-corrected chi connectivity index (χ3v) is 3.02. The molecule has 2 aromatic rings. The van der Waals surface area contributed by atoms with E-state index in [0.29, 0.717) is 17.1 Å². The number of aryl methyl sites for hydroxylation is 1. The highest BCUT2D eigenvalue weighted by Crippen LogP contribution is 2.27. The second-order valence-electron chi connectivity index (χ2n) is 5.97. The van der Waals surface area contributed by atoms with Crippen LogP contribution in [0.4, 0.5) is 0 Å². The predicted molar refractivity (Wildman–Crippen MR) is 83.0 cm³/mol. The van der Waals surface area contributed by atoms with Crippen molar-refractivity contribution < 1.29 is 4.74 Å². The van der Waals surface area contributed by atoms with Crippen LogP contribution in [0.15, 0.2) is 30.3 Å². The molecule has 0 aliphatic carbocycles. The van der Waals surface area contributed by atoms with Crippen LogP contribution in [0.25, 0.3) is 0 Å². The molecule has 3 N–H and O–H groups in total. The standard InChI is InChI=1S/C16H20N4O/c1-10-8-13(14(17)18)20-15(19-10)21-12-7-5-6-11(9-12)16(2,3)4/h5-9H,1-4H3,(H3,17,18). The fourth-order valence-electron chi connectivity index (χ4n) is 1.86. The van der Waals surface area contributed by atoms with Crippen molar-refractivity contribution in [3.8, 4) is 11.8 Å². The van der Waals surface area contributed by atoms with Crippen molar-refractivity contribution in [1.29, 1.82) is 5.41 Å². The van der Waals surface area contributed by atoms with Gasteiger partial charge in [-0.2, -0.15) is 4.98 Å². The van der Waals surface area contributed by atoms with Crippen LogP contribution in [-0.2, 0) is 5.41 Å². The van der Waals surface area contributed by atoms with Crippen molar-refractivity contribution in [3.63, 3.8) is 0 Å². The third-order valence-electron chi connectivity index (χ3n) is 3.02. The van der Waals surface area contributed by atoms with Crippen LogP contribution in [-0.4, -0.2) is 15.8 Å². The minimum absolute atomic E-state index is 0.0391. The molecule has 0 aliphatic rings. The van der Waals surface area contributed by atoms with Crippen LogP contribution in [0.5, 0.6) is 11.8 Å². The first kappa shape index (κ1) is 15.0. The van der Waals surface area contributed by atoms with E-state index in [4.69, 9.17) is 15.9 Å². The molecule has 0 aliphatic heterocycles. The third kappa shape index (κ3) is 3.78. The highest BCUT2D eigenvalue weighted by molar-refractivity contribution is 5.93. The molecule has 0 fully saturated rings. The molecule has 1 heterocycles. The van der Waals surface area contributed by atoms with E-state index in [2.05, 4.69) is 36.8 Å². The van der Waals surface area contributed by atoms with Gasteiger partial charge in [-0.3, -0.25) is 5.41 Å². The number of nitrogens with one attached hydrogen (secondary N) is 1. The number of ether oxygens (including phenoxy) is 1. The van der Waals surface area contributed by atoms with E-state index in [1.165, 1.54) is 5.56 Å². The van der Waals surface area contributed by atoms with E-state index >= 15 is 0 Å². The zero-order valence-corrected chi connectivity index (χ0v) is 12.8. The summed E-state index contributed by atoms with van der Waals surface area (Å²) >= 11 is 0. The number of aromatic nitrogens is 2. The molecule has 0 radical (unpaired) electrons. The van der Waals surface area contributed by atoms with Gasteiger partial charge in [0, 0.05) is 5.69 Å². The molecule has 1 aromatic heterocycles. The summed E-state index contributed by atoms with van der Waals surface area (Å²) in [4.78, 5) is 8.36. The molecule has 5 nitrogen and oxygen atoms in total. The minimum Gasteiger partial charge on any atom is -0.424 e. The zero-order valence-electron chi connectivity index (χ0n) is 12.8. The Morgan fingerprint density at radius 2 is 1.90 bits per heavy atom. The summed E-state index contributed by atoms with van der Waals surface area (Å²) in [6.07, 6.45) is 0. The lowest BCUT2D eigenvalue weighted by Crippen LogP contribution is -2.14.